The van der Waals surface area contributed by atoms with Crippen molar-refractivity contribution in [1.29, 1.82) is 0 Å². The maximum Gasteiger partial charge on any atom is 0.255 e. The second-order valence-corrected chi connectivity index (χ2v) is 5.33. The number of rotatable bonds is 3. The standard InChI is InChI=1S/C16H17NOS/c1-11-5-4-6-12(2)15(11)17-16(18)13-7-9-14(19-3)10-8-13/h4-10H,1-3H3,(H,17,18). The van der Waals surface area contributed by atoms with Crippen LogP contribution in [0.5, 0.6) is 0 Å². The molecule has 1 N–H and O–H groups in total. The van der Waals surface area contributed by atoms with Crippen LogP contribution in [0.4, 0.5) is 5.69 Å². The Morgan fingerprint density at radius 1 is 1.00 bits per heavy atom. The van der Waals surface area contributed by atoms with E-state index in [-0.39, 0.29) is 5.91 Å². The van der Waals surface area contributed by atoms with Crippen LogP contribution in [0, 0.1) is 13.8 Å². The van der Waals surface area contributed by atoms with Crippen LogP contribution in [0.15, 0.2) is 47.4 Å². The van der Waals surface area contributed by atoms with Crippen LogP contribution in [0.1, 0.15) is 21.5 Å². The largest absolute Gasteiger partial charge is 0.322 e. The molecule has 0 spiro atoms. The Morgan fingerprint density at radius 3 is 2.11 bits per heavy atom. The highest BCUT2D eigenvalue weighted by atomic mass is 32.2. The molecule has 2 rings (SSSR count). The molecule has 0 bridgehead atoms. The highest BCUT2D eigenvalue weighted by molar-refractivity contribution is 7.98. The molecule has 0 saturated carbocycles. The first-order valence-corrected chi connectivity index (χ1v) is 7.36. The van der Waals surface area contributed by atoms with E-state index < -0.39 is 0 Å². The molecular weight excluding hydrogens is 254 g/mol. The van der Waals surface area contributed by atoms with Gasteiger partial charge in [0.1, 0.15) is 0 Å². The van der Waals surface area contributed by atoms with E-state index in [1.807, 2.05) is 62.6 Å². The summed E-state index contributed by atoms with van der Waals surface area (Å²) in [4.78, 5) is 13.4. The number of aryl methyl sites for hydroxylation is 2. The van der Waals surface area contributed by atoms with Gasteiger partial charge in [0.05, 0.1) is 0 Å². The van der Waals surface area contributed by atoms with Gasteiger partial charge in [-0.15, -0.1) is 11.8 Å². The monoisotopic (exact) mass is 271 g/mol. The predicted molar refractivity (Wildman–Crippen MR) is 82.1 cm³/mol. The number of para-hydroxylation sites is 1. The third-order valence-corrected chi connectivity index (χ3v) is 3.82. The highest BCUT2D eigenvalue weighted by Gasteiger charge is 2.09. The number of amides is 1. The van der Waals surface area contributed by atoms with Gasteiger partial charge in [-0.05, 0) is 55.5 Å². The van der Waals surface area contributed by atoms with Crippen molar-refractivity contribution in [3.05, 3.63) is 59.2 Å². The van der Waals surface area contributed by atoms with Gasteiger partial charge < -0.3 is 5.32 Å². The van der Waals surface area contributed by atoms with Crippen molar-refractivity contribution < 1.29 is 4.79 Å². The molecule has 0 aliphatic carbocycles. The van der Waals surface area contributed by atoms with Crippen LogP contribution < -0.4 is 5.32 Å². The topological polar surface area (TPSA) is 29.1 Å². The van der Waals surface area contributed by atoms with Gasteiger partial charge in [-0.3, -0.25) is 4.79 Å². The Hall–Kier alpha value is -1.74. The summed E-state index contributed by atoms with van der Waals surface area (Å²) in [7, 11) is 0. The molecule has 0 aliphatic heterocycles. The molecule has 0 fully saturated rings. The maximum absolute atomic E-state index is 12.2. The number of hydrogen-bond acceptors (Lipinski definition) is 2. The predicted octanol–water partition coefficient (Wildman–Crippen LogP) is 4.28. The van der Waals surface area contributed by atoms with Crippen LogP contribution >= 0.6 is 11.8 Å². The zero-order valence-electron chi connectivity index (χ0n) is 11.4. The minimum Gasteiger partial charge on any atom is -0.322 e. The molecule has 2 aromatic rings. The zero-order valence-corrected chi connectivity index (χ0v) is 12.2. The molecule has 0 unspecified atom stereocenters. The molecule has 0 aliphatic rings. The second-order valence-electron chi connectivity index (χ2n) is 4.45. The molecular formula is C16H17NOS. The van der Waals surface area contributed by atoms with Crippen LogP contribution in [0.2, 0.25) is 0 Å². The quantitative estimate of drug-likeness (QED) is 0.844. The lowest BCUT2D eigenvalue weighted by Crippen LogP contribution is -2.13. The summed E-state index contributed by atoms with van der Waals surface area (Å²) in [5, 5.41) is 2.99. The molecule has 0 heterocycles. The lowest BCUT2D eigenvalue weighted by atomic mass is 10.1. The van der Waals surface area contributed by atoms with E-state index >= 15 is 0 Å². The smallest absolute Gasteiger partial charge is 0.255 e. The third-order valence-electron chi connectivity index (χ3n) is 3.07. The summed E-state index contributed by atoms with van der Waals surface area (Å²) in [6, 6.07) is 13.6. The fourth-order valence-corrected chi connectivity index (χ4v) is 2.35. The summed E-state index contributed by atoms with van der Waals surface area (Å²) in [6.45, 7) is 4.00. The number of carbonyl (C=O) groups excluding carboxylic acids is 1. The number of nitrogens with one attached hydrogen (secondary N) is 1. The average molecular weight is 271 g/mol. The van der Waals surface area contributed by atoms with E-state index in [9.17, 15) is 4.79 Å². The van der Waals surface area contributed by atoms with E-state index in [2.05, 4.69) is 5.32 Å². The van der Waals surface area contributed by atoms with Crippen molar-refractivity contribution in [2.75, 3.05) is 11.6 Å². The molecule has 1 amide bonds. The Kier molecular flexibility index (Phi) is 4.27. The Morgan fingerprint density at radius 2 is 1.58 bits per heavy atom. The molecule has 0 aromatic heterocycles. The van der Waals surface area contributed by atoms with Gasteiger partial charge in [0, 0.05) is 16.1 Å². The van der Waals surface area contributed by atoms with Crippen molar-refractivity contribution in [2.45, 2.75) is 18.7 Å². The summed E-state index contributed by atoms with van der Waals surface area (Å²) < 4.78 is 0. The van der Waals surface area contributed by atoms with Crippen LogP contribution in [-0.4, -0.2) is 12.2 Å². The number of carbonyl (C=O) groups is 1. The van der Waals surface area contributed by atoms with Crippen molar-refractivity contribution in [3.63, 3.8) is 0 Å². The lowest BCUT2D eigenvalue weighted by molar-refractivity contribution is 0.102. The number of benzene rings is 2. The molecule has 3 heteroatoms. The minimum absolute atomic E-state index is 0.0648. The minimum atomic E-state index is -0.0648. The number of hydrogen-bond donors (Lipinski definition) is 1. The van der Waals surface area contributed by atoms with Crippen molar-refractivity contribution in [2.24, 2.45) is 0 Å². The van der Waals surface area contributed by atoms with Crippen LogP contribution in [0.25, 0.3) is 0 Å². The number of thioether (sulfide) groups is 1. The maximum atomic E-state index is 12.2. The first kappa shape index (κ1) is 13.7. The first-order valence-electron chi connectivity index (χ1n) is 6.13. The van der Waals surface area contributed by atoms with Gasteiger partial charge in [-0.1, -0.05) is 18.2 Å². The molecule has 19 heavy (non-hydrogen) atoms. The molecule has 0 saturated heterocycles. The Bertz CT molecular complexity index is 570. The van der Waals surface area contributed by atoms with Gasteiger partial charge in [0.2, 0.25) is 0 Å². The Labute approximate surface area is 118 Å². The van der Waals surface area contributed by atoms with Crippen molar-refractivity contribution in [1.82, 2.24) is 0 Å². The normalized spacial score (nSPS) is 10.3. The first-order chi connectivity index (χ1) is 9.11. The van der Waals surface area contributed by atoms with E-state index in [4.69, 9.17) is 0 Å². The van der Waals surface area contributed by atoms with E-state index in [1.165, 1.54) is 0 Å². The van der Waals surface area contributed by atoms with E-state index in [0.717, 1.165) is 21.7 Å². The van der Waals surface area contributed by atoms with Gasteiger partial charge in [-0.25, -0.2) is 0 Å². The SMILES string of the molecule is CSc1ccc(C(=O)Nc2c(C)cccc2C)cc1. The summed E-state index contributed by atoms with van der Waals surface area (Å²) >= 11 is 1.67. The van der Waals surface area contributed by atoms with Gasteiger partial charge in [0.15, 0.2) is 0 Å². The van der Waals surface area contributed by atoms with Crippen LogP contribution in [-0.2, 0) is 0 Å². The van der Waals surface area contributed by atoms with Gasteiger partial charge in [-0.2, -0.15) is 0 Å². The van der Waals surface area contributed by atoms with E-state index in [1.54, 1.807) is 11.8 Å². The van der Waals surface area contributed by atoms with Gasteiger partial charge >= 0.3 is 0 Å². The van der Waals surface area contributed by atoms with E-state index in [0.29, 0.717) is 5.56 Å². The van der Waals surface area contributed by atoms with Crippen molar-refractivity contribution >= 4 is 23.4 Å². The molecule has 98 valence electrons. The average Bonchev–Trinajstić information content (AvgIpc) is 2.43. The number of anilines is 1. The third kappa shape index (κ3) is 3.18. The Balaban J connectivity index is 2.20. The molecule has 0 radical (unpaired) electrons. The summed E-state index contributed by atoms with van der Waals surface area (Å²) in [5.41, 5.74) is 3.74. The highest BCUT2D eigenvalue weighted by Crippen LogP contribution is 2.21. The van der Waals surface area contributed by atoms with Crippen molar-refractivity contribution in [3.8, 4) is 0 Å². The van der Waals surface area contributed by atoms with Crippen LogP contribution in [0.3, 0.4) is 0 Å². The fraction of sp³-hybridized carbons (Fsp3) is 0.188. The van der Waals surface area contributed by atoms with Gasteiger partial charge in [0.25, 0.3) is 5.91 Å². The fourth-order valence-electron chi connectivity index (χ4n) is 1.94. The second kappa shape index (κ2) is 5.93. The lowest BCUT2D eigenvalue weighted by Gasteiger charge is -2.11. The molecule has 2 aromatic carbocycles. The molecule has 0 atom stereocenters. The summed E-state index contributed by atoms with van der Waals surface area (Å²) in [5.74, 6) is -0.0648. The zero-order chi connectivity index (χ0) is 13.8. The summed E-state index contributed by atoms with van der Waals surface area (Å²) in [6.07, 6.45) is 2.02. The molecule has 2 nitrogen and oxygen atoms in total.